The second-order valence-electron chi connectivity index (χ2n) is 5.70. The number of anilines is 2. The number of ether oxygens (including phenoxy) is 2. The van der Waals surface area contributed by atoms with Gasteiger partial charge in [-0.1, -0.05) is 35.5 Å². The van der Waals surface area contributed by atoms with Gasteiger partial charge in [-0.15, -0.1) is 0 Å². The monoisotopic (exact) mass is 430 g/mol. The highest BCUT2D eigenvalue weighted by Crippen LogP contribution is 2.34. The van der Waals surface area contributed by atoms with Crippen molar-refractivity contribution >= 4 is 52.1 Å². The molecule has 0 amide bonds. The molecule has 0 aliphatic carbocycles. The first-order valence-electron chi connectivity index (χ1n) is 8.41. The van der Waals surface area contributed by atoms with Crippen molar-refractivity contribution in [1.82, 2.24) is 0 Å². The summed E-state index contributed by atoms with van der Waals surface area (Å²) >= 11 is 13.1. The lowest BCUT2D eigenvalue weighted by Gasteiger charge is -2.15. The number of para-hydroxylation sites is 1. The zero-order valence-corrected chi connectivity index (χ0v) is 17.8. The van der Waals surface area contributed by atoms with Crippen LogP contribution >= 0.6 is 35.6 Å². The average molecular weight is 431 g/mol. The molecule has 7 heteroatoms. The predicted molar refractivity (Wildman–Crippen MR) is 121 cm³/mol. The summed E-state index contributed by atoms with van der Waals surface area (Å²) in [6, 6.07) is 21.3. The second kappa shape index (κ2) is 9.68. The Morgan fingerprint density at radius 3 is 2.32 bits per heavy atom. The van der Waals surface area contributed by atoms with Gasteiger partial charge in [0.15, 0.2) is 16.6 Å². The van der Waals surface area contributed by atoms with Crippen LogP contribution < -0.4 is 20.1 Å². The van der Waals surface area contributed by atoms with Crippen LogP contribution in [0.5, 0.6) is 11.5 Å². The Morgan fingerprint density at radius 1 is 0.893 bits per heavy atom. The fourth-order valence-corrected chi connectivity index (χ4v) is 3.74. The molecule has 0 heterocycles. The highest BCUT2D eigenvalue weighted by atomic mass is 35.5. The van der Waals surface area contributed by atoms with Gasteiger partial charge in [0, 0.05) is 26.6 Å². The summed E-state index contributed by atoms with van der Waals surface area (Å²) in [7, 11) is 3.20. The lowest BCUT2D eigenvalue weighted by atomic mass is 10.2. The molecular weight excluding hydrogens is 412 g/mol. The summed E-state index contributed by atoms with van der Waals surface area (Å²) in [5, 5.41) is 7.63. The Bertz CT molecular complexity index is 965. The zero-order valence-electron chi connectivity index (χ0n) is 15.4. The average Bonchev–Trinajstić information content (AvgIpc) is 2.71. The number of benzene rings is 3. The third-order valence-corrected chi connectivity index (χ3v) is 5.36. The van der Waals surface area contributed by atoms with Crippen LogP contribution in [0.25, 0.3) is 0 Å². The summed E-state index contributed by atoms with van der Waals surface area (Å²) in [6.45, 7) is 0. The maximum absolute atomic E-state index is 5.97. The molecule has 4 nitrogen and oxygen atoms in total. The van der Waals surface area contributed by atoms with Crippen molar-refractivity contribution < 1.29 is 9.47 Å². The molecule has 28 heavy (non-hydrogen) atoms. The van der Waals surface area contributed by atoms with E-state index in [1.54, 1.807) is 26.0 Å². The molecule has 0 spiro atoms. The molecule has 0 saturated heterocycles. The lowest BCUT2D eigenvalue weighted by molar-refractivity contribution is 0.355. The van der Waals surface area contributed by atoms with Gasteiger partial charge in [-0.05, 0) is 60.7 Å². The minimum atomic E-state index is 0.483. The largest absolute Gasteiger partial charge is 0.493 e. The number of rotatable bonds is 6. The van der Waals surface area contributed by atoms with Crippen LogP contribution in [-0.2, 0) is 0 Å². The van der Waals surface area contributed by atoms with Crippen LogP contribution in [0, 0.1) is 0 Å². The van der Waals surface area contributed by atoms with E-state index in [1.807, 2.05) is 66.7 Å². The van der Waals surface area contributed by atoms with E-state index in [0.717, 1.165) is 26.2 Å². The van der Waals surface area contributed by atoms with Gasteiger partial charge in [0.25, 0.3) is 0 Å². The Balaban J connectivity index is 1.71. The van der Waals surface area contributed by atoms with E-state index in [4.69, 9.17) is 33.3 Å². The SMILES string of the molecule is COc1ccc(NC(=S)Nc2ccccc2Sc2ccc(Cl)cc2)cc1OC. The Kier molecular flexibility index (Phi) is 7.03. The second-order valence-corrected chi connectivity index (χ2v) is 7.66. The van der Waals surface area contributed by atoms with E-state index in [2.05, 4.69) is 10.6 Å². The van der Waals surface area contributed by atoms with E-state index >= 15 is 0 Å². The van der Waals surface area contributed by atoms with Gasteiger partial charge in [-0.3, -0.25) is 0 Å². The molecule has 0 atom stereocenters. The maximum atomic E-state index is 5.97. The van der Waals surface area contributed by atoms with Gasteiger partial charge in [-0.25, -0.2) is 0 Å². The van der Waals surface area contributed by atoms with Crippen molar-refractivity contribution in [3.63, 3.8) is 0 Å². The zero-order chi connectivity index (χ0) is 19.9. The Hall–Kier alpha value is -2.41. The number of halogens is 1. The molecule has 3 rings (SSSR count). The Morgan fingerprint density at radius 2 is 1.61 bits per heavy atom. The molecule has 0 aliphatic heterocycles. The molecule has 0 unspecified atom stereocenters. The molecule has 0 fully saturated rings. The normalized spacial score (nSPS) is 10.2. The standard InChI is InChI=1S/C21H19ClN2O2S2/c1-25-18-12-9-15(13-19(18)26-2)23-21(27)24-17-5-3-4-6-20(17)28-16-10-7-14(22)8-11-16/h3-13H,1-2H3,(H2,23,24,27). The van der Waals surface area contributed by atoms with Gasteiger partial charge < -0.3 is 20.1 Å². The number of thiocarbonyl (C=S) groups is 1. The lowest BCUT2D eigenvalue weighted by Crippen LogP contribution is -2.19. The van der Waals surface area contributed by atoms with Crippen molar-refractivity contribution in [1.29, 1.82) is 0 Å². The van der Waals surface area contributed by atoms with Crippen LogP contribution in [0.4, 0.5) is 11.4 Å². The summed E-state index contributed by atoms with van der Waals surface area (Å²) in [5.74, 6) is 1.30. The smallest absolute Gasteiger partial charge is 0.175 e. The van der Waals surface area contributed by atoms with E-state index in [-0.39, 0.29) is 0 Å². The third kappa shape index (κ3) is 5.32. The molecule has 3 aromatic rings. The highest BCUT2D eigenvalue weighted by molar-refractivity contribution is 7.99. The molecule has 0 radical (unpaired) electrons. The quantitative estimate of drug-likeness (QED) is 0.446. The van der Waals surface area contributed by atoms with Crippen LogP contribution in [0.1, 0.15) is 0 Å². The summed E-state index contributed by atoms with van der Waals surface area (Å²) in [6.07, 6.45) is 0. The maximum Gasteiger partial charge on any atom is 0.175 e. The number of methoxy groups -OCH3 is 2. The summed E-state index contributed by atoms with van der Waals surface area (Å²) in [5.41, 5.74) is 1.72. The topological polar surface area (TPSA) is 42.5 Å². The van der Waals surface area contributed by atoms with Gasteiger partial charge in [-0.2, -0.15) is 0 Å². The molecule has 3 aromatic carbocycles. The van der Waals surface area contributed by atoms with Crippen LogP contribution in [0.2, 0.25) is 5.02 Å². The predicted octanol–water partition coefficient (Wildman–Crippen LogP) is 6.32. The first-order valence-corrected chi connectivity index (χ1v) is 10.0. The van der Waals surface area contributed by atoms with Crippen molar-refractivity contribution in [2.24, 2.45) is 0 Å². The van der Waals surface area contributed by atoms with Crippen molar-refractivity contribution in [2.45, 2.75) is 9.79 Å². The molecule has 0 saturated carbocycles. The fourth-order valence-electron chi connectivity index (χ4n) is 2.49. The molecule has 0 aliphatic rings. The minimum Gasteiger partial charge on any atom is -0.493 e. The van der Waals surface area contributed by atoms with E-state index in [9.17, 15) is 0 Å². The first-order chi connectivity index (χ1) is 13.6. The van der Waals surface area contributed by atoms with Crippen molar-refractivity contribution in [3.05, 3.63) is 71.8 Å². The first kappa shape index (κ1) is 20.3. The fraction of sp³-hybridized carbons (Fsp3) is 0.0952. The third-order valence-electron chi connectivity index (χ3n) is 3.82. The van der Waals surface area contributed by atoms with Crippen molar-refractivity contribution in [3.8, 4) is 11.5 Å². The number of hydrogen-bond donors (Lipinski definition) is 2. The molecule has 2 N–H and O–H groups in total. The van der Waals surface area contributed by atoms with Crippen LogP contribution in [-0.4, -0.2) is 19.3 Å². The van der Waals surface area contributed by atoms with E-state index in [0.29, 0.717) is 16.6 Å². The summed E-state index contributed by atoms with van der Waals surface area (Å²) in [4.78, 5) is 2.15. The van der Waals surface area contributed by atoms with Gasteiger partial charge >= 0.3 is 0 Å². The van der Waals surface area contributed by atoms with Gasteiger partial charge in [0.2, 0.25) is 0 Å². The van der Waals surface area contributed by atoms with E-state index < -0.39 is 0 Å². The molecule has 0 bridgehead atoms. The van der Waals surface area contributed by atoms with E-state index in [1.165, 1.54) is 0 Å². The number of hydrogen-bond acceptors (Lipinski definition) is 4. The Labute approximate surface area is 179 Å². The molecule has 144 valence electrons. The molecular formula is C21H19ClN2O2S2. The molecule has 0 aromatic heterocycles. The van der Waals surface area contributed by atoms with Crippen molar-refractivity contribution in [2.75, 3.05) is 24.9 Å². The number of nitrogens with one attached hydrogen (secondary N) is 2. The summed E-state index contributed by atoms with van der Waals surface area (Å²) < 4.78 is 10.6. The highest BCUT2D eigenvalue weighted by Gasteiger charge is 2.08. The minimum absolute atomic E-state index is 0.483. The van der Waals surface area contributed by atoms with Gasteiger partial charge in [0.05, 0.1) is 19.9 Å². The van der Waals surface area contributed by atoms with Gasteiger partial charge in [0.1, 0.15) is 0 Å². The van der Waals surface area contributed by atoms with Crippen LogP contribution in [0.3, 0.4) is 0 Å². The van der Waals surface area contributed by atoms with Crippen LogP contribution in [0.15, 0.2) is 76.5 Å².